The number of aliphatic hydroxyl groups is 2. The van der Waals surface area contributed by atoms with Crippen LogP contribution in [0, 0.1) is 6.29 Å². The third kappa shape index (κ3) is 0.988. The smallest absolute Gasteiger partial charge is 0.311 e. The zero-order valence-corrected chi connectivity index (χ0v) is 4.87. The second-order valence-corrected chi connectivity index (χ2v) is 1.58. The second-order valence-electron chi connectivity index (χ2n) is 1.58. The van der Waals surface area contributed by atoms with Crippen LogP contribution in [0.1, 0.15) is 0 Å². The van der Waals surface area contributed by atoms with Crippen LogP contribution in [0.4, 0.5) is 0 Å². The topological polar surface area (TPSA) is 58.9 Å². The maximum atomic E-state index is 8.85. The number of aliphatic hydroxyl groups excluding tert-OH is 2. The molecule has 0 amide bonds. The van der Waals surface area contributed by atoms with Crippen LogP contribution in [0.5, 0.6) is 0 Å². The zero-order valence-electron chi connectivity index (χ0n) is 4.87. The fourth-order valence-electron chi connectivity index (χ4n) is 0.529. The highest BCUT2D eigenvalue weighted by Crippen LogP contribution is 2.21. The Morgan fingerprint density at radius 1 is 1.78 bits per heavy atom. The standard InChI is InChI=1S/C5H7O4/c1-8-3-2-9-5(7)4(3)6/h2,4,6-7H,1H3. The molecule has 0 aromatic rings. The molecular weight excluding hydrogens is 124 g/mol. The molecule has 4 nitrogen and oxygen atoms in total. The molecule has 1 aliphatic heterocycles. The molecule has 1 heterocycles. The average Bonchev–Trinajstić information content (AvgIpc) is 2.15. The zero-order chi connectivity index (χ0) is 6.85. The van der Waals surface area contributed by atoms with Gasteiger partial charge in [0.05, 0.1) is 7.11 Å². The highest BCUT2D eigenvalue weighted by Gasteiger charge is 2.30. The summed E-state index contributed by atoms with van der Waals surface area (Å²) in [6, 6.07) is 0. The van der Waals surface area contributed by atoms with E-state index in [-0.39, 0.29) is 5.76 Å². The lowest BCUT2D eigenvalue weighted by Crippen LogP contribution is -2.15. The molecule has 1 unspecified atom stereocenters. The van der Waals surface area contributed by atoms with Gasteiger partial charge in [0.25, 0.3) is 0 Å². The first-order chi connectivity index (χ1) is 4.25. The average molecular weight is 131 g/mol. The van der Waals surface area contributed by atoms with E-state index >= 15 is 0 Å². The highest BCUT2D eigenvalue weighted by molar-refractivity contribution is 5.09. The molecule has 4 heteroatoms. The summed E-state index contributed by atoms with van der Waals surface area (Å²) in [6.45, 7) is 0. The molecule has 0 aliphatic carbocycles. The molecule has 1 aliphatic rings. The number of hydrogen-bond acceptors (Lipinski definition) is 4. The van der Waals surface area contributed by atoms with Crippen LogP contribution >= 0.6 is 0 Å². The van der Waals surface area contributed by atoms with Crippen LogP contribution in [0.2, 0.25) is 0 Å². The Labute approximate surface area is 52.3 Å². The minimum absolute atomic E-state index is 0.215. The van der Waals surface area contributed by atoms with Crippen molar-refractivity contribution < 1.29 is 19.7 Å². The first kappa shape index (κ1) is 6.38. The van der Waals surface area contributed by atoms with Crippen molar-refractivity contribution in [2.45, 2.75) is 6.10 Å². The lowest BCUT2D eigenvalue weighted by Gasteiger charge is -2.05. The lowest BCUT2D eigenvalue weighted by molar-refractivity contribution is -0.000876. The van der Waals surface area contributed by atoms with E-state index in [4.69, 9.17) is 10.2 Å². The predicted octanol–water partition coefficient (Wildman–Crippen LogP) is -0.273. The van der Waals surface area contributed by atoms with E-state index in [1.54, 1.807) is 0 Å². The number of ether oxygens (including phenoxy) is 2. The quantitative estimate of drug-likeness (QED) is 0.514. The largest absolute Gasteiger partial charge is 0.495 e. The molecule has 0 aromatic heterocycles. The molecular formula is C5H7O4. The van der Waals surface area contributed by atoms with Crippen molar-refractivity contribution in [2.24, 2.45) is 0 Å². The van der Waals surface area contributed by atoms with Gasteiger partial charge < -0.3 is 19.7 Å². The van der Waals surface area contributed by atoms with Gasteiger partial charge in [-0.05, 0) is 0 Å². The van der Waals surface area contributed by atoms with Crippen LogP contribution in [0.3, 0.4) is 0 Å². The summed E-state index contributed by atoms with van der Waals surface area (Å²) in [5, 5.41) is 17.5. The van der Waals surface area contributed by atoms with Crippen molar-refractivity contribution in [1.82, 2.24) is 0 Å². The molecule has 1 atom stereocenters. The van der Waals surface area contributed by atoms with Crippen LogP contribution in [0.25, 0.3) is 0 Å². The fraction of sp³-hybridized carbons (Fsp3) is 0.400. The molecule has 0 saturated carbocycles. The third-order valence-corrected chi connectivity index (χ3v) is 1.03. The summed E-state index contributed by atoms with van der Waals surface area (Å²) >= 11 is 0. The summed E-state index contributed by atoms with van der Waals surface area (Å²) in [7, 11) is 1.39. The SMILES string of the molecule is COC1=CO[C](O)C1O. The first-order valence-electron chi connectivity index (χ1n) is 2.40. The van der Waals surface area contributed by atoms with Gasteiger partial charge in [0.2, 0.25) is 0 Å². The van der Waals surface area contributed by atoms with Gasteiger partial charge in [0, 0.05) is 0 Å². The maximum Gasteiger partial charge on any atom is 0.311 e. The Morgan fingerprint density at radius 2 is 2.44 bits per heavy atom. The van der Waals surface area contributed by atoms with Gasteiger partial charge >= 0.3 is 6.29 Å². The van der Waals surface area contributed by atoms with E-state index < -0.39 is 12.4 Å². The highest BCUT2D eigenvalue weighted by atomic mass is 16.6. The molecule has 0 bridgehead atoms. The lowest BCUT2D eigenvalue weighted by atomic mass is 10.3. The van der Waals surface area contributed by atoms with Gasteiger partial charge in [0.1, 0.15) is 6.26 Å². The predicted molar refractivity (Wildman–Crippen MR) is 27.4 cm³/mol. The van der Waals surface area contributed by atoms with Gasteiger partial charge in [-0.3, -0.25) is 0 Å². The monoisotopic (exact) mass is 131 g/mol. The minimum Gasteiger partial charge on any atom is -0.495 e. The van der Waals surface area contributed by atoms with Crippen LogP contribution in [-0.4, -0.2) is 23.4 Å². The molecule has 2 N–H and O–H groups in total. The Bertz CT molecular complexity index is 131. The first-order valence-corrected chi connectivity index (χ1v) is 2.40. The van der Waals surface area contributed by atoms with Gasteiger partial charge in [0.15, 0.2) is 11.9 Å². The van der Waals surface area contributed by atoms with Crippen LogP contribution in [-0.2, 0) is 9.47 Å². The normalized spacial score (nSPS) is 27.4. The maximum absolute atomic E-state index is 8.85. The molecule has 0 fully saturated rings. The summed E-state index contributed by atoms with van der Waals surface area (Å²) in [6.07, 6.45) is -0.401. The van der Waals surface area contributed by atoms with E-state index in [1.165, 1.54) is 7.11 Å². The van der Waals surface area contributed by atoms with Gasteiger partial charge in [-0.25, -0.2) is 0 Å². The Kier molecular flexibility index (Phi) is 1.59. The van der Waals surface area contributed by atoms with Crippen molar-refractivity contribution in [2.75, 3.05) is 7.11 Å². The van der Waals surface area contributed by atoms with Gasteiger partial charge in [-0.15, -0.1) is 0 Å². The van der Waals surface area contributed by atoms with Crippen LogP contribution < -0.4 is 0 Å². The Hall–Kier alpha value is -0.740. The molecule has 0 aromatic carbocycles. The van der Waals surface area contributed by atoms with E-state index in [9.17, 15) is 0 Å². The van der Waals surface area contributed by atoms with E-state index in [1.807, 2.05) is 0 Å². The van der Waals surface area contributed by atoms with E-state index in [0.717, 1.165) is 6.26 Å². The fourth-order valence-corrected chi connectivity index (χ4v) is 0.529. The van der Waals surface area contributed by atoms with Gasteiger partial charge in [-0.1, -0.05) is 0 Å². The minimum atomic E-state index is -1.12. The molecule has 0 spiro atoms. The molecule has 1 rings (SSSR count). The van der Waals surface area contributed by atoms with Crippen molar-refractivity contribution in [3.8, 4) is 0 Å². The third-order valence-electron chi connectivity index (χ3n) is 1.03. The summed E-state index contributed by atoms with van der Waals surface area (Å²) < 4.78 is 9.00. The van der Waals surface area contributed by atoms with E-state index in [2.05, 4.69) is 9.47 Å². The number of methoxy groups -OCH3 is 1. The van der Waals surface area contributed by atoms with Crippen molar-refractivity contribution in [1.29, 1.82) is 0 Å². The summed E-state index contributed by atoms with van der Waals surface area (Å²) in [5.74, 6) is 0.215. The Morgan fingerprint density at radius 3 is 2.67 bits per heavy atom. The molecule has 1 radical (unpaired) electrons. The van der Waals surface area contributed by atoms with Crippen molar-refractivity contribution >= 4 is 0 Å². The number of hydrogen-bond donors (Lipinski definition) is 2. The van der Waals surface area contributed by atoms with Crippen molar-refractivity contribution in [3.05, 3.63) is 18.3 Å². The molecule has 0 saturated heterocycles. The Balaban J connectivity index is 2.55. The van der Waals surface area contributed by atoms with Crippen LogP contribution in [0.15, 0.2) is 12.0 Å². The molecule has 51 valence electrons. The summed E-state index contributed by atoms with van der Waals surface area (Å²) in [5.41, 5.74) is 0. The summed E-state index contributed by atoms with van der Waals surface area (Å²) in [4.78, 5) is 0. The number of rotatable bonds is 1. The van der Waals surface area contributed by atoms with Crippen molar-refractivity contribution in [3.63, 3.8) is 0 Å². The molecule has 9 heavy (non-hydrogen) atoms. The van der Waals surface area contributed by atoms with E-state index in [0.29, 0.717) is 0 Å². The second kappa shape index (κ2) is 2.24. The van der Waals surface area contributed by atoms with Gasteiger partial charge in [-0.2, -0.15) is 0 Å².